The highest BCUT2D eigenvalue weighted by molar-refractivity contribution is 6.37. The Morgan fingerprint density at radius 1 is 0.367 bits per heavy atom. The van der Waals surface area contributed by atoms with Crippen molar-refractivity contribution in [2.45, 2.75) is 177 Å². The van der Waals surface area contributed by atoms with Crippen LogP contribution in [-0.4, -0.2) is 96.3 Å². The van der Waals surface area contributed by atoms with E-state index in [2.05, 4.69) is 44.9 Å². The molecule has 0 aliphatic carbocycles. The minimum atomic E-state index is -1.92. The Balaban J connectivity index is 0.000000156. The first-order chi connectivity index (χ1) is 56.8. The third kappa shape index (κ3) is 15.3. The molecule has 12 heterocycles. The quantitative estimate of drug-likeness (QED) is 0.0444. The zero-order valence-corrected chi connectivity index (χ0v) is 69.2. The zero-order valence-electron chi connectivity index (χ0n) is 67.0. The van der Waals surface area contributed by atoms with E-state index < -0.39 is 153 Å². The van der Waals surface area contributed by atoms with Crippen molar-refractivity contribution in [2.24, 2.45) is 0 Å². The molecule has 3 aliphatic rings. The van der Waals surface area contributed by atoms with Gasteiger partial charge in [0.25, 0.3) is 0 Å². The number of nitrogens with two attached hydrogens (primary N) is 3. The van der Waals surface area contributed by atoms with Crippen molar-refractivity contribution in [1.29, 1.82) is 0 Å². The van der Waals surface area contributed by atoms with Gasteiger partial charge in [-0.3, -0.25) is 15.0 Å². The molecule has 3 atom stereocenters. The van der Waals surface area contributed by atoms with Crippen LogP contribution in [0.2, 0.25) is 15.1 Å². The van der Waals surface area contributed by atoms with Gasteiger partial charge in [-0.2, -0.15) is 15.0 Å². The van der Waals surface area contributed by atoms with Crippen LogP contribution in [0.1, 0.15) is 172 Å². The average molecular weight is 1730 g/mol. The number of benzene rings is 3. The number of rotatable bonds is 12. The van der Waals surface area contributed by atoms with E-state index in [1.807, 2.05) is 77.0 Å². The van der Waals surface area contributed by atoms with Gasteiger partial charge >= 0.3 is 17.1 Å². The molecule has 15 rings (SSSR count). The van der Waals surface area contributed by atoms with Crippen LogP contribution in [0.5, 0.6) is 0 Å². The lowest BCUT2D eigenvalue weighted by Crippen LogP contribution is -2.40. The molecular weight excluding hydrogens is 1640 g/mol. The third-order valence-corrected chi connectivity index (χ3v) is 23.2. The number of aryl methyl sites for hydroxylation is 3. The van der Waals surface area contributed by atoms with E-state index in [4.69, 9.17) is 52.0 Å². The molecular formula is C84H81Cl3F12N18O3. The fourth-order valence-electron chi connectivity index (χ4n) is 15.8. The topological polar surface area (TPSA) is 270 Å². The first kappa shape index (κ1) is 86.7. The Kier molecular flexibility index (Phi) is 24.7. The fourth-order valence-corrected chi connectivity index (χ4v) is 16.5. The lowest BCUT2D eigenvalue weighted by molar-refractivity contribution is 0.451. The molecule has 630 valence electrons. The maximum absolute atomic E-state index is 15.8. The van der Waals surface area contributed by atoms with Gasteiger partial charge in [0, 0.05) is 56.4 Å². The van der Waals surface area contributed by atoms with Crippen molar-refractivity contribution < 1.29 is 52.7 Å². The highest BCUT2D eigenvalue weighted by atomic mass is 35.5. The monoisotopic (exact) mass is 1720 g/mol. The van der Waals surface area contributed by atoms with Gasteiger partial charge in [0.05, 0.1) is 99.1 Å². The van der Waals surface area contributed by atoms with E-state index >= 15 is 26.3 Å². The third-order valence-electron chi connectivity index (χ3n) is 22.0. The molecule has 6 N–H and O–H groups in total. The fraction of sp³-hybridized carbons (Fsp3) is 0.357. The van der Waals surface area contributed by atoms with Crippen LogP contribution < -0.4 is 49.0 Å². The van der Waals surface area contributed by atoms with Gasteiger partial charge in [-0.15, -0.1) is 0 Å². The van der Waals surface area contributed by atoms with Crippen LogP contribution in [0.25, 0.3) is 83.9 Å². The van der Waals surface area contributed by atoms with Gasteiger partial charge in [0.1, 0.15) is 34.5 Å². The molecule has 120 heavy (non-hydrogen) atoms. The Morgan fingerprint density at radius 2 is 0.608 bits per heavy atom. The zero-order chi connectivity index (χ0) is 87.1. The van der Waals surface area contributed by atoms with Crippen LogP contribution in [0.3, 0.4) is 0 Å². The van der Waals surface area contributed by atoms with E-state index in [1.165, 1.54) is 13.7 Å². The highest BCUT2D eigenvalue weighted by Crippen LogP contribution is 2.46. The SMILES string of the molecule is Cc1ccnc(C(C)C)c1-n1c(=O)nc(N2CCCC[C@@H]2C)c2cc(F)c(-c3c(F)c(F)c(F)c(N)c3Cl)nc21.Cc1ccnc(C(C)C)c1-n1c(=O)nc(N2CCCC[C@@H]2C)c2cc(F)c(-c3c(F)c(F)c(F)c(N)c3Cl)nc21.Cc1ccnc(C(C)C)c1-n1c(=O)nc(N2CCCC[C@@H]2C)c2cc(F)c(-c3c(F)c(F)c(F)c(N)c3Cl)nc21. The van der Waals surface area contributed by atoms with Crippen molar-refractivity contribution in [3.63, 3.8) is 0 Å². The highest BCUT2D eigenvalue weighted by Gasteiger charge is 2.37. The Morgan fingerprint density at radius 3 is 0.833 bits per heavy atom. The molecule has 0 spiro atoms. The number of nitrogen functional groups attached to an aromatic ring is 3. The summed E-state index contributed by atoms with van der Waals surface area (Å²) >= 11 is 18.3. The van der Waals surface area contributed by atoms with Gasteiger partial charge in [-0.1, -0.05) is 76.3 Å². The molecule has 9 aromatic heterocycles. The number of hydrogen-bond donors (Lipinski definition) is 3. The summed E-state index contributed by atoms with van der Waals surface area (Å²) in [6.07, 6.45) is 12.9. The number of pyridine rings is 6. The van der Waals surface area contributed by atoms with Crippen LogP contribution >= 0.6 is 34.8 Å². The van der Waals surface area contributed by atoms with E-state index in [9.17, 15) is 40.7 Å². The van der Waals surface area contributed by atoms with E-state index in [1.54, 1.807) is 57.6 Å². The lowest BCUT2D eigenvalue weighted by atomic mass is 10.0. The van der Waals surface area contributed by atoms with E-state index in [0.29, 0.717) is 70.5 Å². The van der Waals surface area contributed by atoms with Crippen molar-refractivity contribution >= 4 is 102 Å². The molecule has 3 aromatic carbocycles. The molecule has 3 saturated heterocycles. The minimum absolute atomic E-state index is 0.00618. The molecule has 3 aliphatic heterocycles. The van der Waals surface area contributed by atoms with Crippen LogP contribution in [0, 0.1) is 90.6 Å². The van der Waals surface area contributed by atoms with Crippen LogP contribution in [-0.2, 0) is 0 Å². The predicted molar refractivity (Wildman–Crippen MR) is 441 cm³/mol. The van der Waals surface area contributed by atoms with Gasteiger partial charge in [0.15, 0.2) is 86.7 Å². The Labute approximate surface area is 694 Å². The first-order valence-corrected chi connectivity index (χ1v) is 39.9. The smallest absolute Gasteiger partial charge is 0.355 e. The van der Waals surface area contributed by atoms with E-state index in [0.717, 1.165) is 76.0 Å². The average Bonchev–Trinajstić information content (AvgIpc) is 0.737. The molecule has 3 fully saturated rings. The maximum Gasteiger partial charge on any atom is 0.355 e. The molecule has 0 amide bonds. The molecule has 0 bridgehead atoms. The largest absolute Gasteiger partial charge is 0.395 e. The second kappa shape index (κ2) is 34.1. The van der Waals surface area contributed by atoms with Crippen molar-refractivity contribution in [3.05, 3.63) is 205 Å². The Bertz CT molecular complexity index is 5690. The second-order valence-corrected chi connectivity index (χ2v) is 32.2. The summed E-state index contributed by atoms with van der Waals surface area (Å²) in [7, 11) is 0. The summed E-state index contributed by atoms with van der Waals surface area (Å²) in [5.74, 6) is -19.0. The normalized spacial score (nSPS) is 15.8. The molecule has 0 saturated carbocycles. The predicted octanol–water partition coefficient (Wildman–Crippen LogP) is 19.3. The van der Waals surface area contributed by atoms with Gasteiger partial charge in [-0.25, -0.2) is 95.7 Å². The molecule has 21 nitrogen and oxygen atoms in total. The first-order valence-electron chi connectivity index (χ1n) is 38.7. The number of halogens is 15. The molecule has 0 radical (unpaired) electrons. The number of anilines is 6. The van der Waals surface area contributed by atoms with Crippen molar-refractivity contribution in [3.8, 4) is 50.8 Å². The number of hydrogen-bond acceptors (Lipinski definition) is 18. The Hall–Kier alpha value is -11.2. The number of nitrogens with zero attached hydrogens (tertiary/aromatic N) is 15. The van der Waals surface area contributed by atoms with Crippen LogP contribution in [0.15, 0.2) is 69.4 Å². The molecule has 0 unspecified atom stereocenters. The summed E-state index contributed by atoms with van der Waals surface area (Å²) in [5, 5.41) is -1.68. The summed E-state index contributed by atoms with van der Waals surface area (Å²) in [6.45, 7) is 24.4. The van der Waals surface area contributed by atoms with Crippen molar-refractivity contribution in [2.75, 3.05) is 51.5 Å². The number of aromatic nitrogens is 12. The standard InChI is InChI=1S/3C28H27ClF4N6O/c3*1-12(2)23-25(13(3)8-9-35-23)39-27-15(26(37-28(39)40)38-10-6-5-7-14(38)4)11-16(30)24(36-27)17-18(29)22(34)21(33)20(32)19(17)31/h3*8-9,11-12,14H,5-7,10,34H2,1-4H3/t3*14-/m000/s1. The summed E-state index contributed by atoms with van der Waals surface area (Å²) in [4.78, 5) is 86.7. The summed E-state index contributed by atoms with van der Waals surface area (Å²) in [5.41, 5.74) is 11.7. The summed E-state index contributed by atoms with van der Waals surface area (Å²) < 4.78 is 182. The minimum Gasteiger partial charge on any atom is -0.395 e. The molecule has 36 heteroatoms. The number of fused-ring (bicyclic) bond motifs is 3. The van der Waals surface area contributed by atoms with E-state index in [-0.39, 0.29) is 86.4 Å². The van der Waals surface area contributed by atoms with Crippen molar-refractivity contribution in [1.82, 2.24) is 58.6 Å². The molecule has 12 aromatic rings. The lowest BCUT2D eigenvalue weighted by Gasteiger charge is -2.35. The van der Waals surface area contributed by atoms with Gasteiger partial charge in [0.2, 0.25) is 0 Å². The van der Waals surface area contributed by atoms with Gasteiger partial charge < -0.3 is 31.9 Å². The number of piperidine rings is 3. The van der Waals surface area contributed by atoms with Gasteiger partial charge in [-0.05, 0) is 170 Å². The maximum atomic E-state index is 15.8. The summed E-state index contributed by atoms with van der Waals surface area (Å²) in [6, 6.07) is 8.32. The van der Waals surface area contributed by atoms with Crippen LogP contribution in [0.4, 0.5) is 87.2 Å². The second-order valence-electron chi connectivity index (χ2n) is 31.0.